The number of hydrogen-bond acceptors (Lipinski definition) is 4. The first-order chi connectivity index (χ1) is 14.9. The Labute approximate surface area is 181 Å². The summed E-state index contributed by atoms with van der Waals surface area (Å²) in [5.74, 6) is 0.130. The number of carbonyl (C=O) groups is 2. The number of rotatable bonds is 3. The van der Waals surface area contributed by atoms with E-state index in [2.05, 4.69) is 24.1 Å². The average Bonchev–Trinajstić information content (AvgIpc) is 3.42. The Morgan fingerprint density at radius 1 is 1.19 bits per heavy atom. The quantitative estimate of drug-likeness (QED) is 0.653. The van der Waals surface area contributed by atoms with Gasteiger partial charge in [-0.15, -0.1) is 0 Å². The van der Waals surface area contributed by atoms with Gasteiger partial charge in [0, 0.05) is 37.3 Å². The Kier molecular flexibility index (Phi) is 4.63. The average molecular weight is 418 g/mol. The van der Waals surface area contributed by atoms with Gasteiger partial charge in [-0.1, -0.05) is 18.2 Å². The molecule has 2 atom stereocenters. The fourth-order valence-corrected chi connectivity index (χ4v) is 4.91. The fourth-order valence-electron chi connectivity index (χ4n) is 4.91. The van der Waals surface area contributed by atoms with Crippen LogP contribution in [0.3, 0.4) is 0 Å². The lowest BCUT2D eigenvalue weighted by molar-refractivity contribution is -0.134. The smallest absolute Gasteiger partial charge is 0.298 e. The molecule has 0 fully saturated rings. The molecule has 0 saturated heterocycles. The maximum absolute atomic E-state index is 13.1. The molecule has 31 heavy (non-hydrogen) atoms. The second-order valence-corrected chi connectivity index (χ2v) is 8.94. The molecule has 2 aliphatic rings. The molecule has 0 bridgehead atoms. The standard InChI is InChI=1S/C25H27N3O3/c1-15(2)27(4)24(29)17-11-19-18-7-5-8-20-23(18)16(12-21(19)26(3)13-17)14-28(20)25(30)22-9-6-10-31-22/h5-11,14-15,17,21H,12-13H2,1-4H3/t17-,21-/m1/s1. The second kappa shape index (κ2) is 7.24. The molecule has 0 unspecified atom stereocenters. The van der Waals surface area contributed by atoms with Gasteiger partial charge in [0.1, 0.15) is 0 Å². The molecule has 0 saturated carbocycles. The minimum atomic E-state index is -0.174. The predicted molar refractivity (Wildman–Crippen MR) is 120 cm³/mol. The van der Waals surface area contributed by atoms with E-state index in [0.717, 1.165) is 28.5 Å². The van der Waals surface area contributed by atoms with Crippen molar-refractivity contribution in [1.29, 1.82) is 0 Å². The minimum absolute atomic E-state index is 0.149. The lowest BCUT2D eigenvalue weighted by Gasteiger charge is -2.40. The molecule has 6 heteroatoms. The fraction of sp³-hybridized carbons (Fsp3) is 0.360. The minimum Gasteiger partial charge on any atom is -0.459 e. The highest BCUT2D eigenvalue weighted by molar-refractivity contribution is 6.06. The zero-order chi connectivity index (χ0) is 21.9. The molecule has 0 N–H and O–H groups in total. The molecule has 6 nitrogen and oxygen atoms in total. The summed E-state index contributed by atoms with van der Waals surface area (Å²) >= 11 is 0. The van der Waals surface area contributed by atoms with Crippen molar-refractivity contribution in [3.63, 3.8) is 0 Å². The molecule has 3 heterocycles. The van der Waals surface area contributed by atoms with E-state index in [4.69, 9.17) is 4.42 Å². The van der Waals surface area contributed by atoms with Crippen molar-refractivity contribution >= 4 is 28.3 Å². The third-order valence-electron chi connectivity index (χ3n) is 6.78. The van der Waals surface area contributed by atoms with Crippen molar-refractivity contribution in [2.75, 3.05) is 20.6 Å². The van der Waals surface area contributed by atoms with Crippen molar-refractivity contribution < 1.29 is 14.0 Å². The zero-order valence-corrected chi connectivity index (χ0v) is 18.3. The van der Waals surface area contributed by atoms with Crippen molar-refractivity contribution in [1.82, 2.24) is 14.4 Å². The van der Waals surface area contributed by atoms with Crippen LogP contribution in [0.2, 0.25) is 0 Å². The van der Waals surface area contributed by atoms with Crippen LogP contribution < -0.4 is 0 Å². The summed E-state index contributed by atoms with van der Waals surface area (Å²) in [7, 11) is 3.96. The Morgan fingerprint density at radius 2 is 2.00 bits per heavy atom. The van der Waals surface area contributed by atoms with E-state index in [1.807, 2.05) is 44.1 Å². The third-order valence-corrected chi connectivity index (χ3v) is 6.78. The highest BCUT2D eigenvalue weighted by Gasteiger charge is 2.37. The van der Waals surface area contributed by atoms with Crippen LogP contribution in [-0.4, -0.2) is 58.9 Å². The number of amides is 1. The molecule has 0 spiro atoms. The van der Waals surface area contributed by atoms with Crippen LogP contribution in [0, 0.1) is 5.92 Å². The number of furan rings is 1. The molecule has 1 aliphatic heterocycles. The summed E-state index contributed by atoms with van der Waals surface area (Å²) < 4.78 is 7.04. The molecule has 5 rings (SSSR count). The van der Waals surface area contributed by atoms with Crippen LogP contribution in [0.4, 0.5) is 0 Å². The molecule has 1 aliphatic carbocycles. The maximum atomic E-state index is 13.1. The van der Waals surface area contributed by atoms with E-state index < -0.39 is 0 Å². The van der Waals surface area contributed by atoms with Crippen LogP contribution in [-0.2, 0) is 11.2 Å². The molecule has 0 radical (unpaired) electrons. The van der Waals surface area contributed by atoms with Crippen LogP contribution in [0.25, 0.3) is 16.5 Å². The van der Waals surface area contributed by atoms with Gasteiger partial charge in [0.25, 0.3) is 5.91 Å². The van der Waals surface area contributed by atoms with E-state index >= 15 is 0 Å². The molecular weight excluding hydrogens is 390 g/mol. The van der Waals surface area contributed by atoms with Gasteiger partial charge in [-0.05, 0) is 62.2 Å². The third kappa shape index (κ3) is 3.05. The molecule has 1 aromatic carbocycles. The second-order valence-electron chi connectivity index (χ2n) is 8.94. The number of hydrogen-bond donors (Lipinski definition) is 0. The Bertz CT molecular complexity index is 1200. The SMILES string of the molecule is CC(C)N(C)C(=O)[C@@H]1C=C2c3cccc4c3c(cn4C(=O)c3ccco3)C[C@H]2N(C)C1. The highest BCUT2D eigenvalue weighted by atomic mass is 16.3. The number of aromatic nitrogens is 1. The summed E-state index contributed by atoms with van der Waals surface area (Å²) in [6, 6.07) is 9.85. The summed E-state index contributed by atoms with van der Waals surface area (Å²) in [5, 5.41) is 1.10. The topological polar surface area (TPSA) is 58.7 Å². The van der Waals surface area contributed by atoms with Crippen LogP contribution in [0.1, 0.15) is 35.5 Å². The molecule has 1 amide bonds. The first kappa shape index (κ1) is 19.8. The molecule has 2 aromatic heterocycles. The van der Waals surface area contributed by atoms with Gasteiger partial charge in [0.15, 0.2) is 5.76 Å². The lowest BCUT2D eigenvalue weighted by atomic mass is 9.79. The van der Waals surface area contributed by atoms with Gasteiger partial charge in [-0.25, -0.2) is 0 Å². The summed E-state index contributed by atoms with van der Waals surface area (Å²) in [6.45, 7) is 4.76. The summed E-state index contributed by atoms with van der Waals surface area (Å²) in [4.78, 5) is 30.2. The Morgan fingerprint density at radius 3 is 2.71 bits per heavy atom. The summed E-state index contributed by atoms with van der Waals surface area (Å²) in [5.41, 5.74) is 4.34. The van der Waals surface area contributed by atoms with Crippen LogP contribution in [0.5, 0.6) is 0 Å². The predicted octanol–water partition coefficient (Wildman–Crippen LogP) is 3.66. The Balaban J connectivity index is 1.62. The Hall–Kier alpha value is -3.12. The van der Waals surface area contributed by atoms with Crippen molar-refractivity contribution in [3.8, 4) is 0 Å². The first-order valence-electron chi connectivity index (χ1n) is 10.8. The number of nitrogens with zero attached hydrogens (tertiary/aromatic N) is 3. The normalized spacial score (nSPS) is 20.6. The van der Waals surface area contributed by atoms with Gasteiger partial charge >= 0.3 is 0 Å². The zero-order valence-electron chi connectivity index (χ0n) is 18.3. The molecule has 3 aromatic rings. The lowest BCUT2D eigenvalue weighted by Crippen LogP contribution is -2.48. The van der Waals surface area contributed by atoms with E-state index in [0.29, 0.717) is 12.3 Å². The van der Waals surface area contributed by atoms with Gasteiger partial charge in [0.2, 0.25) is 5.91 Å². The van der Waals surface area contributed by atoms with Gasteiger partial charge in [0.05, 0.1) is 17.7 Å². The molecular formula is C25H27N3O3. The molecule has 160 valence electrons. The van der Waals surface area contributed by atoms with Gasteiger partial charge in [-0.2, -0.15) is 0 Å². The van der Waals surface area contributed by atoms with E-state index in [1.54, 1.807) is 16.7 Å². The van der Waals surface area contributed by atoms with Crippen LogP contribution in [0.15, 0.2) is 53.3 Å². The largest absolute Gasteiger partial charge is 0.459 e. The maximum Gasteiger partial charge on any atom is 0.298 e. The monoisotopic (exact) mass is 417 g/mol. The highest BCUT2D eigenvalue weighted by Crippen LogP contribution is 2.42. The van der Waals surface area contributed by atoms with E-state index in [-0.39, 0.29) is 29.8 Å². The number of benzene rings is 1. The van der Waals surface area contributed by atoms with E-state index in [9.17, 15) is 9.59 Å². The number of likely N-dealkylation sites (N-methyl/N-ethyl adjacent to an activating group) is 1. The number of carbonyl (C=O) groups excluding carboxylic acids is 2. The number of fused-ring (bicyclic) bond motifs is 2. The van der Waals surface area contributed by atoms with E-state index in [1.165, 1.54) is 11.8 Å². The first-order valence-corrected chi connectivity index (χ1v) is 10.8. The van der Waals surface area contributed by atoms with Crippen molar-refractivity contribution in [2.24, 2.45) is 5.92 Å². The van der Waals surface area contributed by atoms with Crippen molar-refractivity contribution in [3.05, 3.63) is 65.8 Å². The van der Waals surface area contributed by atoms with Crippen LogP contribution >= 0.6 is 0 Å². The van der Waals surface area contributed by atoms with Gasteiger partial charge < -0.3 is 9.32 Å². The van der Waals surface area contributed by atoms with Gasteiger partial charge in [-0.3, -0.25) is 19.1 Å². The summed E-state index contributed by atoms with van der Waals surface area (Å²) in [6.07, 6.45) is 6.45. The van der Waals surface area contributed by atoms with Crippen molar-refractivity contribution in [2.45, 2.75) is 32.4 Å².